The van der Waals surface area contributed by atoms with E-state index >= 15 is 0 Å². The van der Waals surface area contributed by atoms with Gasteiger partial charge in [0.05, 0.1) is 25.4 Å². The lowest BCUT2D eigenvalue weighted by Crippen LogP contribution is -2.59. The van der Waals surface area contributed by atoms with Crippen LogP contribution in [-0.4, -0.2) is 62.8 Å². The molecule has 14 nitrogen and oxygen atoms in total. The summed E-state index contributed by atoms with van der Waals surface area (Å²) in [7, 11) is 0. The molecule has 292 valence electrons. The summed E-state index contributed by atoms with van der Waals surface area (Å²) in [5, 5.41) is 10.3. The first-order chi connectivity index (χ1) is 25.0. The molecule has 0 saturated carbocycles. The van der Waals surface area contributed by atoms with Gasteiger partial charge in [0.25, 0.3) is 5.89 Å². The lowest BCUT2D eigenvalue weighted by molar-refractivity contribution is -0.159. The third-order valence-corrected chi connectivity index (χ3v) is 8.02. The zero-order valence-corrected chi connectivity index (χ0v) is 32.1. The normalized spacial score (nSPS) is 15.3. The third kappa shape index (κ3) is 11.8. The van der Waals surface area contributed by atoms with Gasteiger partial charge in [0, 0.05) is 35.1 Å². The predicted molar refractivity (Wildman–Crippen MR) is 193 cm³/mol. The number of hydrogen-bond donors (Lipinski definition) is 2. The van der Waals surface area contributed by atoms with Crippen LogP contribution in [0.3, 0.4) is 0 Å². The second-order valence-corrected chi connectivity index (χ2v) is 16.2. The maximum Gasteiger partial charge on any atom is 0.471 e. The van der Waals surface area contributed by atoms with Crippen LogP contribution in [0.1, 0.15) is 79.2 Å². The molecule has 1 saturated heterocycles. The van der Waals surface area contributed by atoms with Gasteiger partial charge in [0.1, 0.15) is 5.60 Å². The van der Waals surface area contributed by atoms with Crippen LogP contribution >= 0.6 is 11.8 Å². The molecule has 0 aliphatic carbocycles. The van der Waals surface area contributed by atoms with Gasteiger partial charge in [0.15, 0.2) is 5.54 Å². The van der Waals surface area contributed by atoms with Crippen LogP contribution in [0, 0.1) is 5.41 Å². The van der Waals surface area contributed by atoms with E-state index in [1.54, 1.807) is 61.7 Å². The number of halogens is 3. The Balaban J connectivity index is 0.000000430. The molecule has 4 aromatic rings. The summed E-state index contributed by atoms with van der Waals surface area (Å²) in [6, 6.07) is 12.1. The minimum absolute atomic E-state index is 0.0875. The highest BCUT2D eigenvalue weighted by molar-refractivity contribution is 7.99. The van der Waals surface area contributed by atoms with Crippen molar-refractivity contribution >= 4 is 35.4 Å². The lowest BCUT2D eigenvalue weighted by Gasteiger charge is -2.38. The van der Waals surface area contributed by atoms with Crippen molar-refractivity contribution in [3.8, 4) is 22.8 Å². The SMILES string of the molecule is CC(=O)NC1(c2nc(-c3ccc4c(c3)N(Cc3ccc(-c5noc(C(F)(F)F)n5)cc3)C(=O)CCS4)no2)COC1.CC(C)(C)C.CC(C)(C)OC(N)=O. The zero-order valence-electron chi connectivity index (χ0n) is 31.3. The number of aromatic nitrogens is 4. The fraction of sp³-hybridized carbons (Fsp3) is 0.472. The van der Waals surface area contributed by atoms with Crippen molar-refractivity contribution in [3.63, 3.8) is 0 Å². The Bertz CT molecular complexity index is 1920. The van der Waals surface area contributed by atoms with E-state index in [0.29, 0.717) is 40.2 Å². The molecule has 3 amide bonds. The number of ether oxygens (including phenoxy) is 2. The number of nitrogens with zero attached hydrogens (tertiary/aromatic N) is 5. The van der Waals surface area contributed by atoms with E-state index in [9.17, 15) is 27.6 Å². The van der Waals surface area contributed by atoms with Gasteiger partial charge in [-0.15, -0.1) is 11.8 Å². The molecular weight excluding hydrogens is 731 g/mol. The number of rotatable bonds is 6. The molecule has 1 fully saturated rings. The van der Waals surface area contributed by atoms with Crippen LogP contribution in [0.5, 0.6) is 0 Å². The van der Waals surface area contributed by atoms with Gasteiger partial charge >= 0.3 is 18.2 Å². The number of primary amides is 1. The van der Waals surface area contributed by atoms with E-state index in [4.69, 9.17) is 15.0 Å². The predicted octanol–water partition coefficient (Wildman–Crippen LogP) is 7.13. The number of hydrogen-bond acceptors (Lipinski definition) is 12. The topological polar surface area (TPSA) is 189 Å². The van der Waals surface area contributed by atoms with Crippen molar-refractivity contribution in [2.24, 2.45) is 11.1 Å². The summed E-state index contributed by atoms with van der Waals surface area (Å²) in [4.78, 5) is 45.4. The fourth-order valence-corrected chi connectivity index (χ4v) is 5.79. The van der Waals surface area contributed by atoms with E-state index in [0.717, 1.165) is 10.5 Å². The Kier molecular flexibility index (Phi) is 12.8. The number of fused-ring (bicyclic) bond motifs is 1. The number of alkyl halides is 3. The van der Waals surface area contributed by atoms with E-state index in [-0.39, 0.29) is 43.3 Å². The quantitative estimate of drug-likeness (QED) is 0.202. The molecule has 2 aliphatic rings. The largest absolute Gasteiger partial charge is 0.471 e. The lowest BCUT2D eigenvalue weighted by atomic mass is 9.97. The van der Waals surface area contributed by atoms with E-state index < -0.39 is 29.3 Å². The molecule has 4 heterocycles. The molecular formula is C36H44F3N7O7S. The van der Waals surface area contributed by atoms with Gasteiger partial charge < -0.3 is 34.5 Å². The van der Waals surface area contributed by atoms with Gasteiger partial charge in [-0.25, -0.2) is 4.79 Å². The standard InChI is InChI=1S/C26H21F3N6O5S.C5H11NO2.C5H12/c1-14(36)32-25(12-38-13-25)23-30-22(34-39-23)17-6-7-19-18(10-17)35(20(37)8-9-41-19)11-15-2-4-16(5-3-15)21-31-24(40-33-21)26(27,28)29;1-5(2,3)8-4(6)7;1-5(2,3)4/h2-7,10H,8-9,11-13H2,1H3,(H,32,36);1-3H3,(H2,6,7);1-4H3. The number of benzene rings is 2. The first-order valence-electron chi connectivity index (χ1n) is 16.8. The van der Waals surface area contributed by atoms with Crippen molar-refractivity contribution in [1.82, 2.24) is 25.6 Å². The Morgan fingerprint density at radius 1 is 0.944 bits per heavy atom. The molecule has 18 heteroatoms. The maximum absolute atomic E-state index is 13.2. The zero-order chi connectivity index (χ0) is 40.1. The van der Waals surface area contributed by atoms with Gasteiger partial charge in [-0.1, -0.05) is 62.3 Å². The van der Waals surface area contributed by atoms with Crippen molar-refractivity contribution in [2.75, 3.05) is 23.9 Å². The molecule has 0 atom stereocenters. The maximum atomic E-state index is 13.2. The first kappa shape index (κ1) is 41.8. The third-order valence-electron chi connectivity index (χ3n) is 6.96. The smallest absolute Gasteiger partial charge is 0.444 e. The van der Waals surface area contributed by atoms with E-state index in [1.807, 2.05) is 18.2 Å². The Morgan fingerprint density at radius 2 is 1.54 bits per heavy atom. The summed E-state index contributed by atoms with van der Waals surface area (Å²) in [5.74, 6) is -0.813. The molecule has 0 bridgehead atoms. The minimum Gasteiger partial charge on any atom is -0.444 e. The first-order valence-corrected chi connectivity index (χ1v) is 17.8. The van der Waals surface area contributed by atoms with Crippen LogP contribution in [0.4, 0.5) is 23.7 Å². The van der Waals surface area contributed by atoms with Gasteiger partial charge in [0.2, 0.25) is 23.5 Å². The van der Waals surface area contributed by atoms with Gasteiger partial charge in [-0.2, -0.15) is 23.1 Å². The number of anilines is 1. The minimum atomic E-state index is -4.73. The second-order valence-electron chi connectivity index (χ2n) is 15.1. The molecule has 54 heavy (non-hydrogen) atoms. The molecule has 2 aliphatic heterocycles. The summed E-state index contributed by atoms with van der Waals surface area (Å²) >= 11 is 1.55. The Morgan fingerprint density at radius 3 is 2.04 bits per heavy atom. The molecule has 2 aromatic heterocycles. The number of carbonyl (C=O) groups is 3. The Labute approximate surface area is 314 Å². The van der Waals surface area contributed by atoms with Gasteiger partial charge in [-0.05, 0) is 49.9 Å². The molecule has 0 spiro atoms. The van der Waals surface area contributed by atoms with Crippen molar-refractivity contribution in [1.29, 1.82) is 0 Å². The van der Waals surface area contributed by atoms with Crippen molar-refractivity contribution in [2.45, 2.75) is 90.6 Å². The summed E-state index contributed by atoms with van der Waals surface area (Å²) in [6.07, 6.45) is -5.14. The number of thioether (sulfide) groups is 1. The number of nitrogens with one attached hydrogen (secondary N) is 1. The summed E-state index contributed by atoms with van der Waals surface area (Å²) in [5.41, 5.74) is 6.26. The summed E-state index contributed by atoms with van der Waals surface area (Å²) < 4.78 is 58.1. The Hall–Kier alpha value is -4.97. The average Bonchev–Trinajstić information content (AvgIpc) is 3.69. The van der Waals surface area contributed by atoms with E-state index in [2.05, 4.69) is 62.6 Å². The highest BCUT2D eigenvalue weighted by Crippen LogP contribution is 2.39. The molecule has 0 unspecified atom stereocenters. The van der Waals surface area contributed by atoms with E-state index in [1.165, 1.54) is 6.92 Å². The van der Waals surface area contributed by atoms with Crippen molar-refractivity contribution in [3.05, 3.63) is 59.8 Å². The van der Waals surface area contributed by atoms with Crippen molar-refractivity contribution < 1.29 is 46.1 Å². The molecule has 6 rings (SSSR count). The van der Waals surface area contributed by atoms with Crippen LogP contribution in [-0.2, 0) is 37.3 Å². The van der Waals surface area contributed by atoms with Gasteiger partial charge in [-0.3, -0.25) is 9.59 Å². The average molecular weight is 776 g/mol. The molecule has 0 radical (unpaired) electrons. The number of amides is 3. The fourth-order valence-electron chi connectivity index (χ4n) is 4.81. The number of nitrogens with two attached hydrogens (primary N) is 1. The number of carbonyl (C=O) groups excluding carboxylic acids is 3. The molecule has 3 N–H and O–H groups in total. The summed E-state index contributed by atoms with van der Waals surface area (Å²) in [6.45, 7) is 16.1. The highest BCUT2D eigenvalue weighted by Gasteiger charge is 2.46. The second kappa shape index (κ2) is 16.6. The van der Waals surface area contributed by atoms with Crippen LogP contribution in [0.2, 0.25) is 0 Å². The monoisotopic (exact) mass is 775 g/mol. The van der Waals surface area contributed by atoms with Crippen LogP contribution in [0.15, 0.2) is 56.4 Å². The highest BCUT2D eigenvalue weighted by atomic mass is 32.2. The van der Waals surface area contributed by atoms with Crippen LogP contribution in [0.25, 0.3) is 22.8 Å². The molecule has 2 aromatic carbocycles. The van der Waals surface area contributed by atoms with Crippen LogP contribution < -0.4 is 16.0 Å².